The lowest BCUT2D eigenvalue weighted by Crippen LogP contribution is -2.39. The van der Waals surface area contributed by atoms with Crippen LogP contribution in [-0.2, 0) is 14.8 Å². The van der Waals surface area contributed by atoms with E-state index in [-0.39, 0.29) is 15.6 Å². The summed E-state index contributed by atoms with van der Waals surface area (Å²) in [5.74, 6) is -0.00446. The van der Waals surface area contributed by atoms with Crippen LogP contribution in [0, 0.1) is 6.92 Å². The standard InChI is InChI=1S/C25H24ClN3O4S/c1-3-15-33-21-8-6-7-20(16-21)17-27-28-25(30)18-29(24-10-5-4-9-23(24)26)34(31,32)22-13-11-19(2)12-14-22/h3-14,16-17H,1,15,18H2,2H3,(H,28,30)/b27-17+. The molecule has 0 fully saturated rings. The highest BCUT2D eigenvalue weighted by Crippen LogP contribution is 2.30. The number of anilines is 1. The van der Waals surface area contributed by atoms with Gasteiger partial charge >= 0.3 is 0 Å². The predicted octanol–water partition coefficient (Wildman–Crippen LogP) is 4.56. The average Bonchev–Trinajstić information content (AvgIpc) is 2.82. The number of rotatable bonds is 10. The maximum atomic E-state index is 13.4. The molecule has 3 aromatic rings. The molecular formula is C25H24ClN3O4S. The van der Waals surface area contributed by atoms with Crippen molar-refractivity contribution in [3.05, 3.63) is 102 Å². The average molecular weight is 498 g/mol. The number of nitrogens with zero attached hydrogens (tertiary/aromatic N) is 2. The van der Waals surface area contributed by atoms with Crippen molar-refractivity contribution in [3.63, 3.8) is 0 Å². The van der Waals surface area contributed by atoms with Crippen molar-refractivity contribution >= 4 is 39.4 Å². The quantitative estimate of drug-likeness (QED) is 0.253. The zero-order valence-corrected chi connectivity index (χ0v) is 20.1. The molecule has 0 unspecified atom stereocenters. The van der Waals surface area contributed by atoms with Crippen LogP contribution in [0.4, 0.5) is 5.69 Å². The first-order valence-electron chi connectivity index (χ1n) is 10.3. The third-order valence-electron chi connectivity index (χ3n) is 4.65. The minimum atomic E-state index is -4.07. The minimum absolute atomic E-state index is 0.0469. The summed E-state index contributed by atoms with van der Waals surface area (Å²) in [5.41, 5.74) is 4.16. The Morgan fingerprint density at radius 1 is 1.12 bits per heavy atom. The first kappa shape index (κ1) is 25.0. The summed E-state index contributed by atoms with van der Waals surface area (Å²) in [7, 11) is -4.07. The molecule has 1 N–H and O–H groups in total. The van der Waals surface area contributed by atoms with Crippen LogP contribution in [0.3, 0.4) is 0 Å². The molecule has 0 heterocycles. The van der Waals surface area contributed by atoms with E-state index in [9.17, 15) is 13.2 Å². The molecule has 0 aliphatic rings. The Hall–Kier alpha value is -3.62. The van der Waals surface area contributed by atoms with Gasteiger partial charge in [0.2, 0.25) is 0 Å². The van der Waals surface area contributed by atoms with Gasteiger partial charge in [-0.05, 0) is 48.9 Å². The zero-order chi connectivity index (χ0) is 24.6. The Morgan fingerprint density at radius 3 is 2.56 bits per heavy atom. The number of hydrogen-bond acceptors (Lipinski definition) is 5. The van der Waals surface area contributed by atoms with Crippen molar-refractivity contribution in [2.45, 2.75) is 11.8 Å². The fourth-order valence-electron chi connectivity index (χ4n) is 2.98. The van der Waals surface area contributed by atoms with Crippen LogP contribution in [0.5, 0.6) is 5.75 Å². The molecule has 0 bridgehead atoms. The van der Waals surface area contributed by atoms with E-state index >= 15 is 0 Å². The van der Waals surface area contributed by atoms with Crippen LogP contribution >= 0.6 is 11.6 Å². The molecule has 0 radical (unpaired) electrons. The molecule has 0 saturated carbocycles. The molecule has 0 aromatic heterocycles. The van der Waals surface area contributed by atoms with Gasteiger partial charge in [0, 0.05) is 0 Å². The minimum Gasteiger partial charge on any atom is -0.490 e. The molecular weight excluding hydrogens is 474 g/mol. The number of aryl methyl sites for hydroxylation is 1. The number of para-hydroxylation sites is 1. The van der Waals surface area contributed by atoms with Crippen molar-refractivity contribution in [2.75, 3.05) is 17.5 Å². The van der Waals surface area contributed by atoms with Gasteiger partial charge in [-0.2, -0.15) is 5.10 Å². The van der Waals surface area contributed by atoms with Gasteiger partial charge in [-0.25, -0.2) is 13.8 Å². The zero-order valence-electron chi connectivity index (χ0n) is 18.5. The summed E-state index contributed by atoms with van der Waals surface area (Å²) in [6.45, 7) is 5.31. The third-order valence-corrected chi connectivity index (χ3v) is 6.74. The highest BCUT2D eigenvalue weighted by Gasteiger charge is 2.28. The van der Waals surface area contributed by atoms with Crippen LogP contribution in [0.2, 0.25) is 5.02 Å². The molecule has 0 atom stereocenters. The maximum absolute atomic E-state index is 13.4. The SMILES string of the molecule is C=CCOc1cccc(/C=N/NC(=O)CN(c2ccccc2Cl)S(=O)(=O)c2ccc(C)cc2)c1. The van der Waals surface area contributed by atoms with E-state index < -0.39 is 22.5 Å². The van der Waals surface area contributed by atoms with Crippen LogP contribution < -0.4 is 14.5 Å². The van der Waals surface area contributed by atoms with Gasteiger partial charge in [0.15, 0.2) is 0 Å². The number of carbonyl (C=O) groups is 1. The van der Waals surface area contributed by atoms with Crippen molar-refractivity contribution in [3.8, 4) is 5.75 Å². The van der Waals surface area contributed by atoms with Gasteiger partial charge < -0.3 is 4.74 Å². The van der Waals surface area contributed by atoms with Crippen molar-refractivity contribution < 1.29 is 17.9 Å². The molecule has 9 heteroatoms. The number of halogens is 1. The molecule has 0 spiro atoms. The molecule has 1 amide bonds. The Balaban J connectivity index is 1.80. The Morgan fingerprint density at radius 2 is 1.85 bits per heavy atom. The van der Waals surface area contributed by atoms with Gasteiger partial charge in [-0.1, -0.05) is 66.2 Å². The van der Waals surface area contributed by atoms with Crippen LogP contribution in [-0.4, -0.2) is 33.7 Å². The summed E-state index contributed by atoms with van der Waals surface area (Å²) >= 11 is 6.27. The highest BCUT2D eigenvalue weighted by molar-refractivity contribution is 7.92. The fourth-order valence-corrected chi connectivity index (χ4v) is 4.70. The predicted molar refractivity (Wildman–Crippen MR) is 135 cm³/mol. The summed E-state index contributed by atoms with van der Waals surface area (Å²) in [6.07, 6.45) is 3.07. The summed E-state index contributed by atoms with van der Waals surface area (Å²) in [6, 6.07) is 19.9. The van der Waals surface area contributed by atoms with E-state index in [1.54, 1.807) is 66.7 Å². The molecule has 7 nitrogen and oxygen atoms in total. The molecule has 176 valence electrons. The fraction of sp³-hybridized carbons (Fsp3) is 0.120. The lowest BCUT2D eigenvalue weighted by atomic mass is 10.2. The topological polar surface area (TPSA) is 88.1 Å². The molecule has 0 aliphatic carbocycles. The van der Waals surface area contributed by atoms with Gasteiger partial charge in [-0.15, -0.1) is 0 Å². The van der Waals surface area contributed by atoms with Crippen molar-refractivity contribution in [2.24, 2.45) is 5.10 Å². The summed E-state index contributed by atoms with van der Waals surface area (Å²) in [5, 5.41) is 4.14. The highest BCUT2D eigenvalue weighted by atomic mass is 35.5. The first-order valence-corrected chi connectivity index (χ1v) is 12.1. The van der Waals surface area contributed by atoms with Crippen LogP contribution in [0.1, 0.15) is 11.1 Å². The monoisotopic (exact) mass is 497 g/mol. The van der Waals surface area contributed by atoms with E-state index in [2.05, 4.69) is 17.1 Å². The second kappa shape index (κ2) is 11.5. The number of amides is 1. The number of nitrogens with one attached hydrogen (secondary N) is 1. The number of carbonyl (C=O) groups excluding carboxylic acids is 1. The van der Waals surface area contributed by atoms with E-state index in [4.69, 9.17) is 16.3 Å². The second-order valence-corrected chi connectivity index (χ2v) is 9.51. The molecule has 0 aliphatic heterocycles. The van der Waals surface area contributed by atoms with Crippen LogP contribution in [0.25, 0.3) is 0 Å². The molecule has 34 heavy (non-hydrogen) atoms. The molecule has 0 saturated heterocycles. The number of ether oxygens (including phenoxy) is 1. The summed E-state index contributed by atoms with van der Waals surface area (Å²) < 4.78 is 33.2. The van der Waals surface area contributed by atoms with E-state index in [1.807, 2.05) is 6.92 Å². The van der Waals surface area contributed by atoms with E-state index in [0.717, 1.165) is 9.87 Å². The number of hydrazone groups is 1. The molecule has 3 rings (SSSR count). The third kappa shape index (κ3) is 6.46. The summed E-state index contributed by atoms with van der Waals surface area (Å²) in [4.78, 5) is 12.7. The van der Waals surface area contributed by atoms with Gasteiger partial charge in [0.1, 0.15) is 18.9 Å². The Bertz CT molecular complexity index is 1290. The normalized spacial score (nSPS) is 11.2. The van der Waals surface area contributed by atoms with E-state index in [0.29, 0.717) is 17.9 Å². The maximum Gasteiger partial charge on any atom is 0.264 e. The number of benzene rings is 3. The van der Waals surface area contributed by atoms with E-state index in [1.165, 1.54) is 18.3 Å². The van der Waals surface area contributed by atoms with Crippen molar-refractivity contribution in [1.29, 1.82) is 0 Å². The van der Waals surface area contributed by atoms with Crippen LogP contribution in [0.15, 0.2) is 95.4 Å². The lowest BCUT2D eigenvalue weighted by Gasteiger charge is -2.24. The first-order chi connectivity index (χ1) is 16.3. The molecule has 3 aromatic carbocycles. The number of hydrogen-bond donors (Lipinski definition) is 1. The largest absolute Gasteiger partial charge is 0.490 e. The Kier molecular flexibility index (Phi) is 8.45. The van der Waals surface area contributed by atoms with Gasteiger partial charge in [0.05, 0.1) is 21.8 Å². The van der Waals surface area contributed by atoms with Gasteiger partial charge in [-0.3, -0.25) is 9.10 Å². The Labute approximate surface area is 204 Å². The smallest absolute Gasteiger partial charge is 0.264 e. The lowest BCUT2D eigenvalue weighted by molar-refractivity contribution is -0.119. The van der Waals surface area contributed by atoms with Gasteiger partial charge in [0.25, 0.3) is 15.9 Å². The number of sulfonamides is 1. The second-order valence-electron chi connectivity index (χ2n) is 7.24. The van der Waals surface area contributed by atoms with Crippen molar-refractivity contribution in [1.82, 2.24) is 5.43 Å².